The number of aromatic nitrogens is 1. The predicted molar refractivity (Wildman–Crippen MR) is 105 cm³/mol. The molecule has 4 nitrogen and oxygen atoms in total. The third kappa shape index (κ3) is 4.24. The summed E-state index contributed by atoms with van der Waals surface area (Å²) in [5, 5.41) is 0. The lowest BCUT2D eigenvalue weighted by atomic mass is 9.90. The van der Waals surface area contributed by atoms with Gasteiger partial charge in [-0.2, -0.15) is 0 Å². The van der Waals surface area contributed by atoms with Crippen LogP contribution in [0.4, 0.5) is 4.39 Å². The molecule has 2 fully saturated rings. The van der Waals surface area contributed by atoms with Crippen molar-refractivity contribution in [2.24, 2.45) is 0 Å². The highest BCUT2D eigenvalue weighted by atomic mass is 19.1. The van der Waals surface area contributed by atoms with Crippen LogP contribution >= 0.6 is 0 Å². The average Bonchev–Trinajstić information content (AvgIpc) is 2.64. The van der Waals surface area contributed by atoms with Gasteiger partial charge in [-0.25, -0.2) is 4.39 Å². The van der Waals surface area contributed by atoms with Crippen molar-refractivity contribution in [3.05, 3.63) is 52.9 Å². The summed E-state index contributed by atoms with van der Waals surface area (Å²) in [6.45, 7) is 1.85. The zero-order valence-corrected chi connectivity index (χ0v) is 15.6. The minimum Gasteiger partial charge on any atom is -0.490 e. The van der Waals surface area contributed by atoms with Crippen molar-refractivity contribution in [2.75, 3.05) is 19.8 Å². The van der Waals surface area contributed by atoms with E-state index in [-0.39, 0.29) is 18.2 Å². The molecule has 144 valence electrons. The normalized spacial score (nSPS) is 19.0. The van der Waals surface area contributed by atoms with Gasteiger partial charge in [0.15, 0.2) is 0 Å². The summed E-state index contributed by atoms with van der Waals surface area (Å²) in [6, 6.07) is 12.1. The van der Waals surface area contributed by atoms with E-state index >= 15 is 0 Å². The number of hydrogen-bond donors (Lipinski definition) is 0. The summed E-state index contributed by atoms with van der Waals surface area (Å²) < 4.78 is 20.0. The molecule has 0 radical (unpaired) electrons. The van der Waals surface area contributed by atoms with Crippen molar-refractivity contribution in [3.63, 3.8) is 0 Å². The molecule has 1 saturated heterocycles. The van der Waals surface area contributed by atoms with Gasteiger partial charge >= 0.3 is 0 Å². The highest BCUT2D eigenvalue weighted by Gasteiger charge is 2.29. The van der Waals surface area contributed by atoms with Crippen LogP contribution in [0.2, 0.25) is 0 Å². The van der Waals surface area contributed by atoms with Gasteiger partial charge in [-0.1, -0.05) is 18.6 Å². The Morgan fingerprint density at radius 3 is 2.33 bits per heavy atom. The van der Waals surface area contributed by atoms with E-state index in [0.29, 0.717) is 0 Å². The van der Waals surface area contributed by atoms with E-state index in [1.807, 2.05) is 30.3 Å². The Kier molecular flexibility index (Phi) is 5.58. The van der Waals surface area contributed by atoms with Gasteiger partial charge in [0.25, 0.3) is 5.56 Å². The number of halogens is 1. The van der Waals surface area contributed by atoms with E-state index in [4.69, 9.17) is 4.74 Å². The molecule has 2 aromatic rings. The first-order valence-electron chi connectivity index (χ1n) is 10.0. The topological polar surface area (TPSA) is 34.5 Å². The van der Waals surface area contributed by atoms with Crippen LogP contribution in [0, 0.1) is 0 Å². The molecule has 1 aliphatic heterocycles. The standard InChI is InChI=1S/C22H27FN2O2/c23-11-15-25-12-8-18(16-22(25)26)17-4-6-20(7-5-17)27-21-9-13-24(14-10-21)19-2-1-3-19/h4-8,12,16,19,21H,1-3,9-11,13-15H2. The Balaban J connectivity index is 1.35. The maximum Gasteiger partial charge on any atom is 0.251 e. The van der Waals surface area contributed by atoms with E-state index in [0.717, 1.165) is 48.8 Å². The summed E-state index contributed by atoms with van der Waals surface area (Å²) in [6.07, 6.45) is 8.24. The van der Waals surface area contributed by atoms with Gasteiger partial charge in [0.2, 0.25) is 0 Å². The summed E-state index contributed by atoms with van der Waals surface area (Å²) in [4.78, 5) is 14.6. The number of benzene rings is 1. The fourth-order valence-electron chi connectivity index (χ4n) is 3.99. The number of piperidine rings is 1. The Hall–Kier alpha value is -2.14. The van der Waals surface area contributed by atoms with Crippen LogP contribution in [-0.2, 0) is 6.54 Å². The van der Waals surface area contributed by atoms with Crippen LogP contribution in [0.1, 0.15) is 32.1 Å². The fraction of sp³-hybridized carbons (Fsp3) is 0.500. The second-order valence-electron chi connectivity index (χ2n) is 7.60. The summed E-state index contributed by atoms with van der Waals surface area (Å²) in [7, 11) is 0. The van der Waals surface area contributed by atoms with Gasteiger partial charge < -0.3 is 14.2 Å². The molecule has 0 atom stereocenters. The third-order valence-electron chi connectivity index (χ3n) is 5.88. The van der Waals surface area contributed by atoms with Crippen LogP contribution < -0.4 is 10.3 Å². The molecule has 0 amide bonds. The predicted octanol–water partition coefficient (Wildman–Crippen LogP) is 3.88. The quantitative estimate of drug-likeness (QED) is 0.774. The first-order valence-corrected chi connectivity index (χ1v) is 10.0. The Morgan fingerprint density at radius 1 is 1.00 bits per heavy atom. The number of ether oxygens (including phenoxy) is 1. The highest BCUT2D eigenvalue weighted by Crippen LogP contribution is 2.29. The SMILES string of the molecule is O=c1cc(-c2ccc(OC3CCN(C4CCC4)CC3)cc2)ccn1CCF. The van der Waals surface area contributed by atoms with Crippen molar-refractivity contribution in [3.8, 4) is 16.9 Å². The van der Waals surface area contributed by atoms with E-state index in [2.05, 4.69) is 4.90 Å². The lowest BCUT2D eigenvalue weighted by Crippen LogP contribution is -2.46. The van der Waals surface area contributed by atoms with Gasteiger partial charge in [0.1, 0.15) is 18.5 Å². The van der Waals surface area contributed by atoms with Crippen LogP contribution in [0.5, 0.6) is 5.75 Å². The second kappa shape index (κ2) is 8.26. The number of hydrogen-bond acceptors (Lipinski definition) is 3. The molecule has 1 saturated carbocycles. The minimum absolute atomic E-state index is 0.103. The van der Waals surface area contributed by atoms with Gasteiger partial charge in [-0.05, 0) is 55.0 Å². The largest absolute Gasteiger partial charge is 0.490 e. The van der Waals surface area contributed by atoms with Crippen LogP contribution in [0.25, 0.3) is 11.1 Å². The zero-order valence-electron chi connectivity index (χ0n) is 15.6. The molecule has 2 heterocycles. The van der Waals surface area contributed by atoms with Gasteiger partial charge in [0.05, 0.1) is 6.54 Å². The summed E-state index contributed by atoms with van der Waals surface area (Å²) in [5.74, 6) is 0.881. The maximum atomic E-state index is 12.4. The minimum atomic E-state index is -0.537. The first kappa shape index (κ1) is 18.2. The van der Waals surface area contributed by atoms with Crippen LogP contribution in [0.3, 0.4) is 0 Å². The van der Waals surface area contributed by atoms with E-state index < -0.39 is 6.67 Å². The molecular formula is C22H27FN2O2. The fourth-order valence-corrected chi connectivity index (χ4v) is 3.99. The number of alkyl halides is 1. The smallest absolute Gasteiger partial charge is 0.251 e. The monoisotopic (exact) mass is 370 g/mol. The lowest BCUT2D eigenvalue weighted by molar-refractivity contribution is 0.0493. The maximum absolute atomic E-state index is 12.4. The molecule has 2 aliphatic rings. The van der Waals surface area contributed by atoms with E-state index in [1.54, 1.807) is 12.3 Å². The average molecular weight is 370 g/mol. The van der Waals surface area contributed by atoms with Crippen LogP contribution in [-0.4, -0.2) is 41.4 Å². The van der Waals surface area contributed by atoms with E-state index in [1.165, 1.54) is 23.8 Å². The second-order valence-corrected chi connectivity index (χ2v) is 7.60. The highest BCUT2D eigenvalue weighted by molar-refractivity contribution is 5.63. The number of likely N-dealkylation sites (tertiary alicyclic amines) is 1. The molecule has 0 spiro atoms. The van der Waals surface area contributed by atoms with Gasteiger partial charge in [0, 0.05) is 31.4 Å². The molecule has 0 N–H and O–H groups in total. The Labute approximate surface area is 159 Å². The summed E-state index contributed by atoms with van der Waals surface area (Å²) >= 11 is 0. The molecule has 5 heteroatoms. The number of pyridine rings is 1. The van der Waals surface area contributed by atoms with Crippen LogP contribution in [0.15, 0.2) is 47.4 Å². The number of nitrogens with zero attached hydrogens (tertiary/aromatic N) is 2. The summed E-state index contributed by atoms with van der Waals surface area (Å²) in [5.41, 5.74) is 1.63. The first-order chi connectivity index (χ1) is 13.2. The molecule has 4 rings (SSSR count). The number of aryl methyl sites for hydroxylation is 1. The molecule has 0 unspecified atom stereocenters. The lowest BCUT2D eigenvalue weighted by Gasteiger charge is -2.41. The van der Waals surface area contributed by atoms with Crippen molar-refractivity contribution >= 4 is 0 Å². The van der Waals surface area contributed by atoms with Gasteiger partial charge in [-0.15, -0.1) is 0 Å². The molecule has 1 aromatic carbocycles. The Bertz CT molecular complexity index is 806. The van der Waals surface area contributed by atoms with Crippen molar-refractivity contribution < 1.29 is 9.13 Å². The molecule has 1 aromatic heterocycles. The van der Waals surface area contributed by atoms with Crippen molar-refractivity contribution in [1.82, 2.24) is 9.47 Å². The van der Waals surface area contributed by atoms with Crippen molar-refractivity contribution in [1.29, 1.82) is 0 Å². The van der Waals surface area contributed by atoms with E-state index in [9.17, 15) is 9.18 Å². The number of rotatable bonds is 6. The molecular weight excluding hydrogens is 343 g/mol. The van der Waals surface area contributed by atoms with Crippen molar-refractivity contribution in [2.45, 2.75) is 50.8 Å². The molecule has 0 bridgehead atoms. The third-order valence-corrected chi connectivity index (χ3v) is 5.88. The Morgan fingerprint density at radius 2 is 1.74 bits per heavy atom. The molecule has 1 aliphatic carbocycles. The molecule has 27 heavy (non-hydrogen) atoms. The van der Waals surface area contributed by atoms with Gasteiger partial charge in [-0.3, -0.25) is 4.79 Å². The zero-order chi connectivity index (χ0) is 18.6.